The van der Waals surface area contributed by atoms with Gasteiger partial charge in [0.05, 0.1) is 27.4 Å². The van der Waals surface area contributed by atoms with E-state index < -0.39 is 0 Å². The van der Waals surface area contributed by atoms with E-state index in [0.29, 0.717) is 23.8 Å². The highest BCUT2D eigenvalue weighted by molar-refractivity contribution is 5.92. The Morgan fingerprint density at radius 3 is 2.22 bits per heavy atom. The fourth-order valence-corrected chi connectivity index (χ4v) is 2.57. The topological polar surface area (TPSA) is 71.8 Å². The third kappa shape index (κ3) is 5.25. The van der Waals surface area contributed by atoms with Crippen LogP contribution < -0.4 is 14.2 Å². The second kappa shape index (κ2) is 9.88. The van der Waals surface area contributed by atoms with Crippen molar-refractivity contribution >= 4 is 12.0 Å². The molecule has 0 saturated carbocycles. The molecule has 0 fully saturated rings. The lowest BCUT2D eigenvalue weighted by Gasteiger charge is -2.18. The highest BCUT2D eigenvalue weighted by Gasteiger charge is 2.14. The molecule has 140 valence electrons. The van der Waals surface area contributed by atoms with E-state index in [2.05, 4.69) is 0 Å². The summed E-state index contributed by atoms with van der Waals surface area (Å²) in [6.07, 6.45) is 3.09. The Morgan fingerprint density at radius 2 is 1.70 bits per heavy atom. The van der Waals surface area contributed by atoms with Gasteiger partial charge in [0.1, 0.15) is 6.54 Å². The van der Waals surface area contributed by atoms with Gasteiger partial charge in [-0.25, -0.2) is 0 Å². The molecule has 0 aliphatic carbocycles. The minimum Gasteiger partial charge on any atom is -0.493 e. The number of methoxy groups -OCH3 is 3. The zero-order chi connectivity index (χ0) is 19.6. The van der Waals surface area contributed by atoms with Crippen molar-refractivity contribution in [3.05, 3.63) is 59.7 Å². The third-order valence-electron chi connectivity index (χ3n) is 3.89. The normalized spacial score (nSPS) is 10.3. The van der Waals surface area contributed by atoms with Gasteiger partial charge in [0.2, 0.25) is 11.7 Å². The van der Waals surface area contributed by atoms with Gasteiger partial charge in [-0.2, -0.15) is 5.26 Å². The van der Waals surface area contributed by atoms with Crippen LogP contribution in [0.15, 0.2) is 48.5 Å². The van der Waals surface area contributed by atoms with Gasteiger partial charge < -0.3 is 19.1 Å². The van der Waals surface area contributed by atoms with E-state index in [9.17, 15) is 4.79 Å². The van der Waals surface area contributed by atoms with Gasteiger partial charge >= 0.3 is 0 Å². The average Bonchev–Trinajstić information content (AvgIpc) is 2.71. The van der Waals surface area contributed by atoms with E-state index in [4.69, 9.17) is 19.5 Å². The summed E-state index contributed by atoms with van der Waals surface area (Å²) < 4.78 is 15.9. The van der Waals surface area contributed by atoms with E-state index in [1.165, 1.54) is 32.3 Å². The first kappa shape index (κ1) is 19.9. The SMILES string of the molecule is COc1cc(C=CC(=O)N(CC#N)Cc2ccccc2)cc(OC)c1OC. The van der Waals surface area contributed by atoms with Crippen LogP contribution in [0.5, 0.6) is 17.2 Å². The molecular formula is C21H22N2O4. The second-order valence-corrected chi connectivity index (χ2v) is 5.63. The monoisotopic (exact) mass is 366 g/mol. The Kier molecular flexibility index (Phi) is 7.26. The van der Waals surface area contributed by atoms with Gasteiger partial charge in [0, 0.05) is 12.6 Å². The summed E-state index contributed by atoms with van der Waals surface area (Å²) in [6.45, 7) is 0.375. The number of rotatable bonds is 8. The van der Waals surface area contributed by atoms with Crippen molar-refractivity contribution in [2.24, 2.45) is 0 Å². The highest BCUT2D eigenvalue weighted by Crippen LogP contribution is 2.38. The van der Waals surface area contributed by atoms with Crippen LogP contribution in [0.2, 0.25) is 0 Å². The maximum Gasteiger partial charge on any atom is 0.247 e. The molecule has 27 heavy (non-hydrogen) atoms. The molecule has 0 spiro atoms. The molecule has 6 heteroatoms. The Hall–Kier alpha value is -3.46. The fourth-order valence-electron chi connectivity index (χ4n) is 2.57. The molecule has 0 aliphatic rings. The van der Waals surface area contributed by atoms with Crippen molar-refractivity contribution in [3.8, 4) is 23.3 Å². The Morgan fingerprint density at radius 1 is 1.07 bits per heavy atom. The predicted molar refractivity (Wildman–Crippen MR) is 103 cm³/mol. The van der Waals surface area contributed by atoms with E-state index >= 15 is 0 Å². The molecule has 1 amide bonds. The van der Waals surface area contributed by atoms with Crippen molar-refractivity contribution in [1.29, 1.82) is 5.26 Å². The molecule has 0 N–H and O–H groups in total. The lowest BCUT2D eigenvalue weighted by atomic mass is 10.1. The lowest BCUT2D eigenvalue weighted by Crippen LogP contribution is -2.29. The summed E-state index contributed by atoms with van der Waals surface area (Å²) in [6, 6.07) is 15.1. The van der Waals surface area contributed by atoms with Gasteiger partial charge in [-0.1, -0.05) is 30.3 Å². The number of nitriles is 1. The molecular weight excluding hydrogens is 344 g/mol. The fraction of sp³-hybridized carbons (Fsp3) is 0.238. The molecule has 6 nitrogen and oxygen atoms in total. The molecule has 0 radical (unpaired) electrons. The molecule has 2 aromatic rings. The van der Waals surface area contributed by atoms with Crippen LogP contribution >= 0.6 is 0 Å². The van der Waals surface area contributed by atoms with Crippen molar-refractivity contribution < 1.29 is 19.0 Å². The van der Waals surface area contributed by atoms with Crippen LogP contribution in [0.3, 0.4) is 0 Å². The number of carbonyl (C=O) groups is 1. The smallest absolute Gasteiger partial charge is 0.247 e. The highest BCUT2D eigenvalue weighted by atomic mass is 16.5. The molecule has 0 aromatic heterocycles. The van der Waals surface area contributed by atoms with Gasteiger partial charge in [-0.15, -0.1) is 0 Å². The van der Waals surface area contributed by atoms with Crippen molar-refractivity contribution in [1.82, 2.24) is 4.90 Å². The Balaban J connectivity index is 2.21. The van der Waals surface area contributed by atoms with E-state index in [0.717, 1.165) is 11.1 Å². The van der Waals surface area contributed by atoms with Crippen LogP contribution in [0.1, 0.15) is 11.1 Å². The lowest BCUT2D eigenvalue weighted by molar-refractivity contribution is -0.125. The first-order valence-corrected chi connectivity index (χ1v) is 8.30. The Bertz CT molecular complexity index is 816. The third-order valence-corrected chi connectivity index (χ3v) is 3.89. The van der Waals surface area contributed by atoms with Gasteiger partial charge in [-0.3, -0.25) is 4.79 Å². The number of ether oxygens (including phenoxy) is 3. The quantitative estimate of drug-likeness (QED) is 0.530. The van der Waals surface area contributed by atoms with Crippen LogP contribution in [-0.4, -0.2) is 38.7 Å². The summed E-state index contributed by atoms with van der Waals surface area (Å²) in [5.41, 5.74) is 1.68. The maximum atomic E-state index is 12.5. The predicted octanol–water partition coefficient (Wildman–Crippen LogP) is 3.28. The van der Waals surface area contributed by atoms with E-state index in [-0.39, 0.29) is 12.5 Å². The zero-order valence-electron chi connectivity index (χ0n) is 15.6. The number of hydrogen-bond acceptors (Lipinski definition) is 5. The van der Waals surface area contributed by atoms with Crippen molar-refractivity contribution in [2.45, 2.75) is 6.54 Å². The first-order valence-electron chi connectivity index (χ1n) is 8.30. The first-order chi connectivity index (χ1) is 13.1. The molecule has 0 bridgehead atoms. The molecule has 0 saturated heterocycles. The number of carbonyl (C=O) groups excluding carboxylic acids is 1. The van der Waals surface area contributed by atoms with Crippen LogP contribution in [-0.2, 0) is 11.3 Å². The second-order valence-electron chi connectivity index (χ2n) is 5.63. The standard InChI is InChI=1S/C21H22N2O4/c1-25-18-13-17(14-19(26-2)21(18)27-3)9-10-20(24)23(12-11-22)15-16-7-5-4-6-8-16/h4-10,13-14H,12,15H2,1-3H3. The largest absolute Gasteiger partial charge is 0.493 e. The summed E-state index contributed by atoms with van der Waals surface area (Å²) in [7, 11) is 4.59. The van der Waals surface area contributed by atoms with Crippen molar-refractivity contribution in [2.75, 3.05) is 27.9 Å². The zero-order valence-corrected chi connectivity index (χ0v) is 15.6. The molecule has 0 aliphatic heterocycles. The minimum absolute atomic E-state index is 0.00726. The van der Waals surface area contributed by atoms with Crippen LogP contribution in [0, 0.1) is 11.3 Å². The van der Waals surface area contributed by atoms with E-state index in [1.807, 2.05) is 36.4 Å². The van der Waals surface area contributed by atoms with Gasteiger partial charge in [0.15, 0.2) is 11.5 Å². The van der Waals surface area contributed by atoms with E-state index in [1.54, 1.807) is 18.2 Å². The summed E-state index contributed by atoms with van der Waals surface area (Å²) in [5.74, 6) is 1.23. The van der Waals surface area contributed by atoms with Crippen LogP contribution in [0.25, 0.3) is 6.08 Å². The minimum atomic E-state index is -0.255. The number of hydrogen-bond donors (Lipinski definition) is 0. The summed E-state index contributed by atoms with van der Waals surface area (Å²) >= 11 is 0. The Labute approximate surface area is 159 Å². The summed E-state index contributed by atoms with van der Waals surface area (Å²) in [4.78, 5) is 14.0. The summed E-state index contributed by atoms with van der Waals surface area (Å²) in [5, 5.41) is 9.03. The molecule has 0 atom stereocenters. The van der Waals surface area contributed by atoms with Crippen LogP contribution in [0.4, 0.5) is 0 Å². The molecule has 2 rings (SSSR count). The van der Waals surface area contributed by atoms with Gasteiger partial charge in [-0.05, 0) is 29.3 Å². The number of benzene rings is 2. The molecule has 2 aromatic carbocycles. The molecule has 0 heterocycles. The molecule has 0 unspecified atom stereocenters. The number of nitrogens with zero attached hydrogens (tertiary/aromatic N) is 2. The van der Waals surface area contributed by atoms with Gasteiger partial charge in [0.25, 0.3) is 0 Å². The average molecular weight is 366 g/mol. The maximum absolute atomic E-state index is 12.5. The van der Waals surface area contributed by atoms with Crippen molar-refractivity contribution in [3.63, 3.8) is 0 Å². The number of amides is 1.